The van der Waals surface area contributed by atoms with E-state index in [1.807, 2.05) is 6.07 Å². The number of aromatic amines is 1. The van der Waals surface area contributed by atoms with Gasteiger partial charge in [0.2, 0.25) is 0 Å². The minimum atomic E-state index is 0.454. The van der Waals surface area contributed by atoms with Crippen LogP contribution in [0.25, 0.3) is 11.4 Å². The van der Waals surface area contributed by atoms with E-state index in [0.717, 1.165) is 17.0 Å². The number of nitrogens with one attached hydrogen (secondary N) is 1. The minimum absolute atomic E-state index is 0.454. The Kier molecular flexibility index (Phi) is 2.01. The third-order valence-electron chi connectivity index (χ3n) is 1.78. The van der Waals surface area contributed by atoms with Gasteiger partial charge >= 0.3 is 0 Å². The van der Waals surface area contributed by atoms with Crippen molar-refractivity contribution < 1.29 is 0 Å². The average Bonchev–Trinajstić information content (AvgIpc) is 2.67. The van der Waals surface area contributed by atoms with Crippen molar-refractivity contribution in [2.45, 2.75) is 6.54 Å². The summed E-state index contributed by atoms with van der Waals surface area (Å²) >= 11 is 0. The second-order valence-corrected chi connectivity index (χ2v) is 2.57. The molecule has 2 heterocycles. The largest absolute Gasteiger partial charge is 0.326 e. The summed E-state index contributed by atoms with van der Waals surface area (Å²) in [4.78, 5) is 7.93. The third-order valence-corrected chi connectivity index (χ3v) is 1.78. The van der Waals surface area contributed by atoms with E-state index in [0.29, 0.717) is 6.54 Å². The van der Waals surface area contributed by atoms with Gasteiger partial charge in [-0.3, -0.25) is 5.10 Å². The minimum Gasteiger partial charge on any atom is -0.326 e. The Balaban J connectivity index is 2.47. The van der Waals surface area contributed by atoms with Crippen LogP contribution in [0, 0.1) is 0 Å². The van der Waals surface area contributed by atoms with E-state index >= 15 is 0 Å². The van der Waals surface area contributed by atoms with E-state index in [-0.39, 0.29) is 0 Å². The highest BCUT2D eigenvalue weighted by Crippen LogP contribution is 2.16. The van der Waals surface area contributed by atoms with Gasteiger partial charge < -0.3 is 5.73 Å². The summed E-state index contributed by atoms with van der Waals surface area (Å²) in [7, 11) is 0. The highest BCUT2D eigenvalue weighted by Gasteiger charge is 2.05. The van der Waals surface area contributed by atoms with Crippen LogP contribution in [0.2, 0.25) is 0 Å². The molecule has 5 heteroatoms. The Labute approximate surface area is 75.0 Å². The van der Waals surface area contributed by atoms with Crippen LogP contribution in [0.5, 0.6) is 0 Å². The van der Waals surface area contributed by atoms with Crippen molar-refractivity contribution in [3.63, 3.8) is 0 Å². The molecule has 2 rings (SSSR count). The molecular weight excluding hydrogens is 166 g/mol. The first kappa shape index (κ1) is 7.88. The van der Waals surface area contributed by atoms with Gasteiger partial charge in [0, 0.05) is 18.3 Å². The predicted octanol–water partition coefficient (Wildman–Crippen LogP) is 0.325. The summed E-state index contributed by atoms with van der Waals surface area (Å²) in [6.45, 7) is 0.454. The number of H-pyrrole nitrogens is 1. The molecule has 0 fully saturated rings. The molecule has 0 saturated heterocycles. The zero-order chi connectivity index (χ0) is 9.10. The Bertz CT molecular complexity index is 380. The van der Waals surface area contributed by atoms with Crippen molar-refractivity contribution >= 4 is 0 Å². The second-order valence-electron chi connectivity index (χ2n) is 2.57. The molecule has 0 aromatic carbocycles. The zero-order valence-corrected chi connectivity index (χ0v) is 6.94. The fourth-order valence-corrected chi connectivity index (χ4v) is 1.13. The van der Waals surface area contributed by atoms with Crippen molar-refractivity contribution in [1.29, 1.82) is 0 Å². The number of rotatable bonds is 2. The van der Waals surface area contributed by atoms with Gasteiger partial charge in [-0.1, -0.05) is 0 Å². The van der Waals surface area contributed by atoms with Crippen LogP contribution in [-0.4, -0.2) is 20.2 Å². The van der Waals surface area contributed by atoms with Crippen molar-refractivity contribution in [2.75, 3.05) is 0 Å². The predicted molar refractivity (Wildman–Crippen MR) is 47.5 cm³/mol. The van der Waals surface area contributed by atoms with Crippen LogP contribution in [0.15, 0.2) is 24.8 Å². The molecule has 0 aliphatic carbocycles. The lowest BCUT2D eigenvalue weighted by atomic mass is 10.2. The van der Waals surface area contributed by atoms with Crippen LogP contribution in [-0.2, 0) is 6.54 Å². The Morgan fingerprint density at radius 1 is 1.46 bits per heavy atom. The second kappa shape index (κ2) is 3.32. The molecule has 13 heavy (non-hydrogen) atoms. The molecule has 0 radical (unpaired) electrons. The van der Waals surface area contributed by atoms with Crippen molar-refractivity contribution in [2.24, 2.45) is 5.73 Å². The molecule has 0 bridgehead atoms. The highest BCUT2D eigenvalue weighted by molar-refractivity contribution is 5.57. The van der Waals surface area contributed by atoms with E-state index in [4.69, 9.17) is 5.73 Å². The van der Waals surface area contributed by atoms with Crippen LogP contribution >= 0.6 is 0 Å². The molecule has 0 spiro atoms. The lowest BCUT2D eigenvalue weighted by Crippen LogP contribution is -1.97. The molecule has 2 aromatic rings. The fraction of sp³-hybridized carbons (Fsp3) is 0.125. The summed E-state index contributed by atoms with van der Waals surface area (Å²) < 4.78 is 0. The number of nitrogens with zero attached hydrogens (tertiary/aromatic N) is 3. The Hall–Kier alpha value is -1.75. The van der Waals surface area contributed by atoms with Crippen LogP contribution < -0.4 is 5.73 Å². The highest BCUT2D eigenvalue weighted by atomic mass is 15.1. The standard InChI is InChI=1S/C8H9N5/c9-3-6-4-12-13-8(6)7-1-2-10-5-11-7/h1-2,4-5H,3,9H2,(H,12,13). The first-order valence-electron chi connectivity index (χ1n) is 3.90. The molecular formula is C8H9N5. The lowest BCUT2D eigenvalue weighted by Gasteiger charge is -1.97. The summed E-state index contributed by atoms with van der Waals surface area (Å²) in [6, 6.07) is 1.81. The molecule has 0 saturated carbocycles. The number of hydrogen-bond acceptors (Lipinski definition) is 4. The number of aromatic nitrogens is 4. The smallest absolute Gasteiger partial charge is 0.116 e. The van der Waals surface area contributed by atoms with E-state index < -0.39 is 0 Å². The summed E-state index contributed by atoms with van der Waals surface area (Å²) in [5, 5.41) is 6.76. The monoisotopic (exact) mass is 175 g/mol. The molecule has 3 N–H and O–H groups in total. The van der Waals surface area contributed by atoms with Gasteiger partial charge in [0.1, 0.15) is 6.33 Å². The molecule has 66 valence electrons. The number of nitrogens with two attached hydrogens (primary N) is 1. The summed E-state index contributed by atoms with van der Waals surface area (Å²) in [5.41, 5.74) is 8.16. The Morgan fingerprint density at radius 3 is 3.08 bits per heavy atom. The van der Waals surface area contributed by atoms with E-state index in [1.54, 1.807) is 12.4 Å². The van der Waals surface area contributed by atoms with Gasteiger partial charge in [-0.25, -0.2) is 9.97 Å². The van der Waals surface area contributed by atoms with Crippen LogP contribution in [0.4, 0.5) is 0 Å². The fourth-order valence-electron chi connectivity index (χ4n) is 1.13. The van der Waals surface area contributed by atoms with Crippen LogP contribution in [0.1, 0.15) is 5.56 Å². The molecule has 0 atom stereocenters. The maximum absolute atomic E-state index is 5.53. The maximum atomic E-state index is 5.53. The topological polar surface area (TPSA) is 80.5 Å². The van der Waals surface area contributed by atoms with Crippen molar-refractivity contribution in [3.8, 4) is 11.4 Å². The van der Waals surface area contributed by atoms with E-state index in [2.05, 4.69) is 20.2 Å². The molecule has 0 amide bonds. The van der Waals surface area contributed by atoms with E-state index in [1.165, 1.54) is 6.33 Å². The first-order chi connectivity index (χ1) is 6.42. The van der Waals surface area contributed by atoms with Gasteiger partial charge in [-0.2, -0.15) is 5.10 Å². The van der Waals surface area contributed by atoms with Gasteiger partial charge in [0.25, 0.3) is 0 Å². The first-order valence-corrected chi connectivity index (χ1v) is 3.90. The molecule has 0 aliphatic heterocycles. The maximum Gasteiger partial charge on any atom is 0.116 e. The summed E-state index contributed by atoms with van der Waals surface area (Å²) in [5.74, 6) is 0. The van der Waals surface area contributed by atoms with Gasteiger partial charge in [0.15, 0.2) is 0 Å². The Morgan fingerprint density at radius 2 is 2.38 bits per heavy atom. The molecule has 5 nitrogen and oxygen atoms in total. The molecule has 2 aromatic heterocycles. The summed E-state index contributed by atoms with van der Waals surface area (Å²) in [6.07, 6.45) is 4.89. The number of hydrogen-bond donors (Lipinski definition) is 2. The molecule has 0 unspecified atom stereocenters. The van der Waals surface area contributed by atoms with E-state index in [9.17, 15) is 0 Å². The van der Waals surface area contributed by atoms with Gasteiger partial charge in [-0.05, 0) is 6.07 Å². The quantitative estimate of drug-likeness (QED) is 0.689. The van der Waals surface area contributed by atoms with Gasteiger partial charge in [-0.15, -0.1) is 0 Å². The normalized spacial score (nSPS) is 10.2. The van der Waals surface area contributed by atoms with Crippen molar-refractivity contribution in [1.82, 2.24) is 20.2 Å². The lowest BCUT2D eigenvalue weighted by molar-refractivity contribution is 1.06. The van der Waals surface area contributed by atoms with Crippen LogP contribution in [0.3, 0.4) is 0 Å². The SMILES string of the molecule is NCc1cn[nH]c1-c1ccncn1. The third kappa shape index (κ3) is 1.41. The van der Waals surface area contributed by atoms with Gasteiger partial charge in [0.05, 0.1) is 17.6 Å². The van der Waals surface area contributed by atoms with Crippen molar-refractivity contribution in [3.05, 3.63) is 30.4 Å². The zero-order valence-electron chi connectivity index (χ0n) is 6.94. The average molecular weight is 175 g/mol. The molecule has 0 aliphatic rings.